The largest absolute Gasteiger partial charge is 0.461 e. The molecule has 1 aromatic heterocycles. The molecule has 2 aliphatic carbocycles. The van der Waals surface area contributed by atoms with Gasteiger partial charge in [-0.2, -0.15) is 0 Å². The fraction of sp³-hybridized carbons (Fsp3) is 0.474. The molecule has 2 bridgehead atoms. The van der Waals surface area contributed by atoms with E-state index in [-0.39, 0.29) is 17.9 Å². The predicted octanol–water partition coefficient (Wildman–Crippen LogP) is 3.39. The van der Waals surface area contributed by atoms with Crippen LogP contribution < -0.4 is 5.32 Å². The molecule has 0 amide bonds. The Hall–Kier alpha value is -1.72. The Balaban J connectivity index is 1.38. The van der Waals surface area contributed by atoms with Gasteiger partial charge >= 0.3 is 5.97 Å². The minimum atomic E-state index is -0.0392. The fourth-order valence-electron chi connectivity index (χ4n) is 4.29. The van der Waals surface area contributed by atoms with Crippen LogP contribution in [-0.2, 0) is 22.7 Å². The SMILES string of the molecule is O=C(OCc1ccccc1)[C@H]1[C@H]2CC[C@@H](C2)[C@H]1NCc1nccs1. The van der Waals surface area contributed by atoms with Crippen molar-refractivity contribution in [2.24, 2.45) is 17.8 Å². The van der Waals surface area contributed by atoms with E-state index in [4.69, 9.17) is 4.74 Å². The molecule has 5 heteroatoms. The lowest BCUT2D eigenvalue weighted by Gasteiger charge is -2.30. The van der Waals surface area contributed by atoms with Crippen LogP contribution in [0.3, 0.4) is 0 Å². The highest BCUT2D eigenvalue weighted by molar-refractivity contribution is 7.09. The van der Waals surface area contributed by atoms with Crippen molar-refractivity contribution in [2.75, 3.05) is 0 Å². The van der Waals surface area contributed by atoms with Gasteiger partial charge in [0.1, 0.15) is 11.6 Å². The van der Waals surface area contributed by atoms with Crippen molar-refractivity contribution in [3.63, 3.8) is 0 Å². The van der Waals surface area contributed by atoms with Crippen LogP contribution in [0.5, 0.6) is 0 Å². The molecule has 0 aliphatic heterocycles. The Morgan fingerprint density at radius 1 is 1.25 bits per heavy atom. The maximum absolute atomic E-state index is 12.7. The molecule has 2 aliphatic rings. The van der Waals surface area contributed by atoms with Crippen LogP contribution in [0.4, 0.5) is 0 Å². The molecule has 0 spiro atoms. The number of rotatable bonds is 6. The average molecular weight is 342 g/mol. The van der Waals surface area contributed by atoms with E-state index in [9.17, 15) is 4.79 Å². The van der Waals surface area contributed by atoms with E-state index in [1.807, 2.05) is 41.9 Å². The Labute approximate surface area is 146 Å². The van der Waals surface area contributed by atoms with Crippen LogP contribution >= 0.6 is 11.3 Å². The predicted molar refractivity (Wildman–Crippen MR) is 93.3 cm³/mol. The van der Waals surface area contributed by atoms with Crippen molar-refractivity contribution in [1.29, 1.82) is 0 Å². The maximum Gasteiger partial charge on any atom is 0.311 e. The molecule has 2 aromatic rings. The Kier molecular flexibility index (Phi) is 4.63. The van der Waals surface area contributed by atoms with Crippen molar-refractivity contribution >= 4 is 17.3 Å². The highest BCUT2D eigenvalue weighted by atomic mass is 32.1. The smallest absolute Gasteiger partial charge is 0.311 e. The number of aromatic nitrogens is 1. The molecular weight excluding hydrogens is 320 g/mol. The Morgan fingerprint density at radius 3 is 2.88 bits per heavy atom. The van der Waals surface area contributed by atoms with E-state index in [0.717, 1.165) is 30.0 Å². The number of carbonyl (C=O) groups is 1. The number of fused-ring (bicyclic) bond motifs is 2. The lowest BCUT2D eigenvalue weighted by atomic mass is 9.84. The lowest BCUT2D eigenvalue weighted by Crippen LogP contribution is -2.44. The number of ether oxygens (including phenoxy) is 1. The van der Waals surface area contributed by atoms with Crippen LogP contribution in [0.15, 0.2) is 41.9 Å². The summed E-state index contributed by atoms with van der Waals surface area (Å²) in [5.41, 5.74) is 1.04. The van der Waals surface area contributed by atoms with Crippen LogP contribution in [0, 0.1) is 17.8 Å². The van der Waals surface area contributed by atoms with Crippen molar-refractivity contribution in [3.05, 3.63) is 52.5 Å². The third-order valence-corrected chi connectivity index (χ3v) is 6.16. The lowest BCUT2D eigenvalue weighted by molar-refractivity contribution is -0.152. The van der Waals surface area contributed by atoms with Gasteiger partial charge in [-0.25, -0.2) is 4.98 Å². The number of benzene rings is 1. The normalized spacial score (nSPS) is 28.2. The van der Waals surface area contributed by atoms with Gasteiger partial charge in [-0.05, 0) is 36.7 Å². The van der Waals surface area contributed by atoms with E-state index in [2.05, 4.69) is 10.3 Å². The monoisotopic (exact) mass is 342 g/mol. The zero-order valence-electron chi connectivity index (χ0n) is 13.6. The van der Waals surface area contributed by atoms with Crippen molar-refractivity contribution in [3.8, 4) is 0 Å². The van der Waals surface area contributed by atoms with Crippen LogP contribution in [-0.4, -0.2) is 17.0 Å². The van der Waals surface area contributed by atoms with Gasteiger partial charge < -0.3 is 10.1 Å². The maximum atomic E-state index is 12.7. The summed E-state index contributed by atoms with van der Waals surface area (Å²) < 4.78 is 5.64. The number of thiazole rings is 1. The molecule has 0 saturated heterocycles. The summed E-state index contributed by atoms with van der Waals surface area (Å²) in [6.07, 6.45) is 5.36. The Morgan fingerprint density at radius 2 is 2.08 bits per heavy atom. The molecule has 0 unspecified atom stereocenters. The molecule has 24 heavy (non-hydrogen) atoms. The number of hydrogen-bond acceptors (Lipinski definition) is 5. The second-order valence-corrected chi connectivity index (χ2v) is 7.76. The van der Waals surface area contributed by atoms with Crippen LogP contribution in [0.25, 0.3) is 0 Å². The number of nitrogens with one attached hydrogen (secondary N) is 1. The van der Waals surface area contributed by atoms with Gasteiger partial charge in [0, 0.05) is 24.2 Å². The van der Waals surface area contributed by atoms with E-state index < -0.39 is 0 Å². The summed E-state index contributed by atoms with van der Waals surface area (Å²) in [6, 6.07) is 10.1. The third-order valence-electron chi connectivity index (χ3n) is 5.38. The summed E-state index contributed by atoms with van der Waals surface area (Å²) in [4.78, 5) is 17.0. The quantitative estimate of drug-likeness (QED) is 0.818. The average Bonchev–Trinajstić information content (AvgIpc) is 3.35. The van der Waals surface area contributed by atoms with Gasteiger partial charge in [0.25, 0.3) is 0 Å². The minimum absolute atomic E-state index is 0.00701. The van der Waals surface area contributed by atoms with Gasteiger partial charge in [-0.3, -0.25) is 4.79 Å². The zero-order valence-corrected chi connectivity index (χ0v) is 14.4. The molecule has 0 radical (unpaired) electrons. The molecule has 1 aromatic carbocycles. The molecule has 1 N–H and O–H groups in total. The van der Waals surface area contributed by atoms with E-state index >= 15 is 0 Å². The summed E-state index contributed by atoms with van der Waals surface area (Å²) in [5, 5.41) is 6.66. The second kappa shape index (κ2) is 7.03. The van der Waals surface area contributed by atoms with Gasteiger partial charge in [-0.1, -0.05) is 30.3 Å². The van der Waals surface area contributed by atoms with E-state index in [1.165, 1.54) is 6.42 Å². The first-order valence-corrected chi connectivity index (χ1v) is 9.51. The Bertz CT molecular complexity index is 674. The summed E-state index contributed by atoms with van der Waals surface area (Å²) in [6.45, 7) is 1.11. The minimum Gasteiger partial charge on any atom is -0.461 e. The molecule has 4 rings (SSSR count). The first-order valence-electron chi connectivity index (χ1n) is 8.63. The molecule has 2 fully saturated rings. The van der Waals surface area contributed by atoms with Crippen molar-refractivity contribution in [1.82, 2.24) is 10.3 Å². The van der Waals surface area contributed by atoms with Gasteiger partial charge in [0.15, 0.2) is 0 Å². The molecule has 4 nitrogen and oxygen atoms in total. The highest BCUT2D eigenvalue weighted by Gasteiger charge is 2.51. The fourth-order valence-corrected chi connectivity index (χ4v) is 4.86. The number of nitrogens with zero attached hydrogens (tertiary/aromatic N) is 1. The molecule has 2 saturated carbocycles. The number of esters is 1. The van der Waals surface area contributed by atoms with Crippen LogP contribution in [0.1, 0.15) is 29.8 Å². The summed E-state index contributed by atoms with van der Waals surface area (Å²) in [7, 11) is 0. The molecule has 1 heterocycles. The first-order chi connectivity index (χ1) is 11.8. The van der Waals surface area contributed by atoms with Crippen molar-refractivity contribution in [2.45, 2.75) is 38.5 Å². The van der Waals surface area contributed by atoms with Gasteiger partial charge in [-0.15, -0.1) is 11.3 Å². The third kappa shape index (κ3) is 3.23. The van der Waals surface area contributed by atoms with Crippen molar-refractivity contribution < 1.29 is 9.53 Å². The van der Waals surface area contributed by atoms with Gasteiger partial charge in [0.2, 0.25) is 0 Å². The first kappa shape index (κ1) is 15.8. The summed E-state index contributed by atoms with van der Waals surface area (Å²) in [5.74, 6) is 1.03. The van der Waals surface area contributed by atoms with E-state index in [1.54, 1.807) is 11.3 Å². The summed E-state index contributed by atoms with van der Waals surface area (Å²) >= 11 is 1.65. The number of carbonyl (C=O) groups excluding carboxylic acids is 1. The molecular formula is C19H22N2O2S. The highest BCUT2D eigenvalue weighted by Crippen LogP contribution is 2.49. The van der Waals surface area contributed by atoms with E-state index in [0.29, 0.717) is 18.4 Å². The zero-order chi connectivity index (χ0) is 16.4. The molecule has 126 valence electrons. The standard InChI is InChI=1S/C19H22N2O2S/c22-19(23-12-13-4-2-1-3-5-13)17-14-6-7-15(10-14)18(17)21-11-16-20-8-9-24-16/h1-5,8-9,14-15,17-18,21H,6-7,10-12H2/t14-,15-,17-,18+/m0/s1. The number of hydrogen-bond donors (Lipinski definition) is 1. The topological polar surface area (TPSA) is 51.2 Å². The van der Waals surface area contributed by atoms with Crippen LogP contribution in [0.2, 0.25) is 0 Å². The van der Waals surface area contributed by atoms with Gasteiger partial charge in [0.05, 0.1) is 5.92 Å². The second-order valence-electron chi connectivity index (χ2n) is 6.78. The molecule has 4 atom stereocenters.